The molecule has 0 saturated heterocycles. The van der Waals surface area contributed by atoms with Gasteiger partial charge in [0.2, 0.25) is 5.95 Å². The van der Waals surface area contributed by atoms with Crippen LogP contribution in [0, 0.1) is 11.8 Å². The highest BCUT2D eigenvalue weighted by Gasteiger charge is 2.32. The SMILES string of the molecule is CN(Cc1cn(S(=O)(=O)c2ccsc2C(=O)O)c(-c2cccnc2F)c1F)C(=O)OC(C)(C)C. The van der Waals surface area contributed by atoms with E-state index in [1.54, 1.807) is 20.8 Å². The molecule has 13 heteroatoms. The summed E-state index contributed by atoms with van der Waals surface area (Å²) in [6, 6.07) is 3.50. The number of carbonyl (C=O) groups is 2. The molecule has 1 N–H and O–H groups in total. The Bertz CT molecular complexity index is 1360. The van der Waals surface area contributed by atoms with Crippen LogP contribution in [-0.4, -0.2) is 52.1 Å². The number of halogens is 2. The van der Waals surface area contributed by atoms with Crippen molar-refractivity contribution in [3.63, 3.8) is 0 Å². The fourth-order valence-electron chi connectivity index (χ4n) is 3.03. The van der Waals surface area contributed by atoms with Crippen LogP contribution in [0.5, 0.6) is 0 Å². The molecule has 34 heavy (non-hydrogen) atoms. The minimum atomic E-state index is -4.68. The number of rotatable bonds is 6. The van der Waals surface area contributed by atoms with Gasteiger partial charge in [-0.1, -0.05) is 0 Å². The summed E-state index contributed by atoms with van der Waals surface area (Å²) in [7, 11) is -3.35. The van der Waals surface area contributed by atoms with Crippen LogP contribution in [0.2, 0.25) is 0 Å². The van der Waals surface area contributed by atoms with Gasteiger partial charge in [0.25, 0.3) is 10.0 Å². The summed E-state index contributed by atoms with van der Waals surface area (Å²) in [5, 5.41) is 10.6. The molecule has 0 spiro atoms. The third-order valence-electron chi connectivity index (χ3n) is 4.47. The van der Waals surface area contributed by atoms with Crippen LogP contribution >= 0.6 is 11.3 Å². The summed E-state index contributed by atoms with van der Waals surface area (Å²) < 4.78 is 62.5. The molecular formula is C21H21F2N3O6S2. The van der Waals surface area contributed by atoms with Gasteiger partial charge in [0.1, 0.15) is 21.1 Å². The van der Waals surface area contributed by atoms with E-state index in [2.05, 4.69) is 4.98 Å². The zero-order valence-electron chi connectivity index (χ0n) is 18.6. The number of pyridine rings is 1. The van der Waals surface area contributed by atoms with Gasteiger partial charge in [-0.15, -0.1) is 11.3 Å². The van der Waals surface area contributed by atoms with Crippen molar-refractivity contribution in [2.24, 2.45) is 0 Å². The summed E-state index contributed by atoms with van der Waals surface area (Å²) in [5.41, 5.74) is -2.22. The van der Waals surface area contributed by atoms with E-state index in [0.717, 1.165) is 29.4 Å². The topological polar surface area (TPSA) is 119 Å². The number of carbonyl (C=O) groups excluding carboxylic acids is 1. The zero-order valence-corrected chi connectivity index (χ0v) is 20.2. The van der Waals surface area contributed by atoms with Crippen LogP contribution in [0.1, 0.15) is 36.0 Å². The number of ether oxygens (including phenoxy) is 1. The minimum absolute atomic E-state index is 0.262. The highest BCUT2D eigenvalue weighted by atomic mass is 32.2. The van der Waals surface area contributed by atoms with E-state index in [1.165, 1.54) is 18.5 Å². The number of aromatic nitrogens is 2. The van der Waals surface area contributed by atoms with Gasteiger partial charge < -0.3 is 14.7 Å². The smallest absolute Gasteiger partial charge is 0.410 e. The fraction of sp³-hybridized carbons (Fsp3) is 0.286. The number of thiophene rings is 1. The van der Waals surface area contributed by atoms with Gasteiger partial charge >= 0.3 is 12.1 Å². The lowest BCUT2D eigenvalue weighted by Gasteiger charge is -2.24. The summed E-state index contributed by atoms with van der Waals surface area (Å²) in [6.07, 6.45) is 1.20. The lowest BCUT2D eigenvalue weighted by molar-refractivity contribution is 0.0283. The van der Waals surface area contributed by atoms with Crippen LogP contribution in [0.3, 0.4) is 0 Å². The number of nitrogens with zero attached hydrogens (tertiary/aromatic N) is 3. The Morgan fingerprint density at radius 1 is 1.26 bits per heavy atom. The molecule has 0 aliphatic heterocycles. The maximum absolute atomic E-state index is 15.6. The van der Waals surface area contributed by atoms with Crippen molar-refractivity contribution in [3.8, 4) is 11.3 Å². The number of hydrogen-bond donors (Lipinski definition) is 1. The van der Waals surface area contributed by atoms with Crippen molar-refractivity contribution in [2.75, 3.05) is 7.05 Å². The number of hydrogen-bond acceptors (Lipinski definition) is 7. The number of carboxylic acid groups (broad SMARTS) is 1. The first-order valence-corrected chi connectivity index (χ1v) is 12.1. The Balaban J connectivity index is 2.18. The summed E-state index contributed by atoms with van der Waals surface area (Å²) in [6.45, 7) is 4.53. The normalized spacial score (nSPS) is 11.9. The van der Waals surface area contributed by atoms with Gasteiger partial charge in [-0.2, -0.15) is 4.39 Å². The molecule has 1 amide bonds. The monoisotopic (exact) mass is 513 g/mol. The minimum Gasteiger partial charge on any atom is -0.477 e. The van der Waals surface area contributed by atoms with E-state index in [0.29, 0.717) is 15.3 Å². The van der Waals surface area contributed by atoms with Crippen molar-refractivity contribution in [1.29, 1.82) is 0 Å². The van der Waals surface area contributed by atoms with E-state index < -0.39 is 67.0 Å². The molecule has 0 unspecified atom stereocenters. The molecule has 3 aromatic rings. The molecule has 0 saturated carbocycles. The van der Waals surface area contributed by atoms with Gasteiger partial charge in [0.05, 0.1) is 12.1 Å². The average molecular weight is 514 g/mol. The van der Waals surface area contributed by atoms with E-state index in [9.17, 15) is 27.5 Å². The second-order valence-corrected chi connectivity index (χ2v) is 10.9. The van der Waals surface area contributed by atoms with Crippen LogP contribution in [0.25, 0.3) is 11.3 Å². The first-order valence-electron chi connectivity index (χ1n) is 9.75. The standard InChI is InChI=1S/C21H21F2N3O6S2/c1-21(2,3)32-20(29)25(4)10-12-11-26(16(15(12)22)13-6-5-8-24-18(13)23)34(30,31)14-7-9-33-17(14)19(27)28/h5-9,11H,10H2,1-4H3,(H,27,28). The van der Waals surface area contributed by atoms with Crippen LogP contribution in [0.15, 0.2) is 40.9 Å². The Labute approximate surface area is 198 Å². The Morgan fingerprint density at radius 2 is 1.94 bits per heavy atom. The van der Waals surface area contributed by atoms with Crippen molar-refractivity contribution >= 4 is 33.4 Å². The van der Waals surface area contributed by atoms with Crippen molar-refractivity contribution < 1.29 is 36.6 Å². The van der Waals surface area contributed by atoms with E-state index in [4.69, 9.17) is 4.74 Å². The van der Waals surface area contributed by atoms with Crippen LogP contribution < -0.4 is 0 Å². The number of aromatic carboxylic acids is 1. The molecular weight excluding hydrogens is 492 g/mol. The number of carboxylic acids is 1. The first-order chi connectivity index (χ1) is 15.7. The molecule has 0 atom stereocenters. The molecule has 9 nitrogen and oxygen atoms in total. The van der Waals surface area contributed by atoms with Gasteiger partial charge in [-0.25, -0.2) is 31.4 Å². The molecule has 0 fully saturated rings. The maximum Gasteiger partial charge on any atom is 0.410 e. The molecule has 0 radical (unpaired) electrons. The van der Waals surface area contributed by atoms with Crippen LogP contribution in [-0.2, 0) is 21.3 Å². The van der Waals surface area contributed by atoms with E-state index in [-0.39, 0.29) is 5.56 Å². The van der Waals surface area contributed by atoms with E-state index in [1.807, 2.05) is 0 Å². The number of amides is 1. The quantitative estimate of drug-likeness (QED) is 0.491. The van der Waals surface area contributed by atoms with Gasteiger partial charge in [0.15, 0.2) is 5.82 Å². The first kappa shape index (κ1) is 25.3. The lowest BCUT2D eigenvalue weighted by atomic mass is 10.1. The molecule has 0 aliphatic rings. The van der Waals surface area contributed by atoms with Crippen LogP contribution in [0.4, 0.5) is 13.6 Å². The fourth-order valence-corrected chi connectivity index (χ4v) is 5.66. The molecule has 3 aromatic heterocycles. The summed E-state index contributed by atoms with van der Waals surface area (Å²) in [5.74, 6) is -3.73. The van der Waals surface area contributed by atoms with Crippen molar-refractivity contribution in [1.82, 2.24) is 13.9 Å². The van der Waals surface area contributed by atoms with E-state index >= 15 is 4.39 Å². The molecule has 3 heterocycles. The van der Waals surface area contributed by atoms with Gasteiger partial charge in [0, 0.05) is 25.0 Å². The Kier molecular flexibility index (Phi) is 6.80. The highest BCUT2D eigenvalue weighted by Crippen LogP contribution is 2.34. The third kappa shape index (κ3) is 4.94. The summed E-state index contributed by atoms with van der Waals surface area (Å²) >= 11 is 0.673. The predicted molar refractivity (Wildman–Crippen MR) is 119 cm³/mol. The molecule has 0 aliphatic carbocycles. The highest BCUT2D eigenvalue weighted by molar-refractivity contribution is 7.90. The molecule has 0 aromatic carbocycles. The average Bonchev–Trinajstić information content (AvgIpc) is 3.34. The van der Waals surface area contributed by atoms with Crippen molar-refractivity contribution in [2.45, 2.75) is 37.8 Å². The molecule has 3 rings (SSSR count). The second-order valence-electron chi connectivity index (χ2n) is 8.22. The molecule has 182 valence electrons. The Morgan fingerprint density at radius 3 is 2.53 bits per heavy atom. The summed E-state index contributed by atoms with van der Waals surface area (Å²) in [4.78, 5) is 27.2. The van der Waals surface area contributed by atoms with Crippen molar-refractivity contribution in [3.05, 3.63) is 58.2 Å². The third-order valence-corrected chi connectivity index (χ3v) is 7.20. The second kappa shape index (κ2) is 9.14. The molecule has 0 bridgehead atoms. The van der Waals surface area contributed by atoms with Gasteiger partial charge in [-0.3, -0.25) is 0 Å². The maximum atomic E-state index is 15.6. The lowest BCUT2D eigenvalue weighted by Crippen LogP contribution is -2.33. The zero-order chi connectivity index (χ0) is 25.4. The largest absolute Gasteiger partial charge is 0.477 e. The predicted octanol–water partition coefficient (Wildman–Crippen LogP) is 4.19. The van der Waals surface area contributed by atoms with Gasteiger partial charge in [-0.05, 0) is 44.4 Å². The Hall–Kier alpha value is -3.32.